The van der Waals surface area contributed by atoms with E-state index in [-0.39, 0.29) is 5.41 Å². The van der Waals surface area contributed by atoms with Gasteiger partial charge >= 0.3 is 0 Å². The number of nitrogens with zero attached hydrogens (tertiary/aromatic N) is 1. The zero-order valence-corrected chi connectivity index (χ0v) is 12.5. The van der Waals surface area contributed by atoms with Gasteiger partial charge in [-0.15, -0.1) is 11.3 Å². The maximum atomic E-state index is 5.72. The molecule has 0 atom stereocenters. The molecule has 0 aliphatic heterocycles. The Hall–Kier alpha value is -1.39. The van der Waals surface area contributed by atoms with Gasteiger partial charge in [0, 0.05) is 17.3 Å². The fraction of sp³-hybridized carbons (Fsp3) is 0.400. The highest BCUT2D eigenvalue weighted by molar-refractivity contribution is 7.09. The van der Waals surface area contributed by atoms with Crippen molar-refractivity contribution in [1.29, 1.82) is 0 Å². The molecule has 0 amide bonds. The van der Waals surface area contributed by atoms with Crippen LogP contribution in [0.1, 0.15) is 37.0 Å². The van der Waals surface area contributed by atoms with E-state index in [2.05, 4.69) is 31.1 Å². The first-order valence-corrected chi connectivity index (χ1v) is 7.23. The average molecular weight is 276 g/mol. The Kier molecular flexibility index (Phi) is 4.22. The molecule has 0 aliphatic rings. The minimum atomic E-state index is 0.0948. The second-order valence-corrected chi connectivity index (χ2v) is 6.46. The van der Waals surface area contributed by atoms with Crippen LogP contribution in [0.2, 0.25) is 0 Å². The number of nitrogens with two attached hydrogens (primary N) is 1. The van der Waals surface area contributed by atoms with E-state index in [9.17, 15) is 0 Å². The Morgan fingerprint density at radius 3 is 2.42 bits per heavy atom. The molecule has 1 aromatic carbocycles. The van der Waals surface area contributed by atoms with Crippen LogP contribution < -0.4 is 10.5 Å². The van der Waals surface area contributed by atoms with Crippen LogP contribution >= 0.6 is 11.3 Å². The van der Waals surface area contributed by atoms with Crippen LogP contribution in [-0.4, -0.2) is 4.98 Å². The highest BCUT2D eigenvalue weighted by Crippen LogP contribution is 2.24. The maximum Gasteiger partial charge on any atom is 0.140 e. The molecule has 0 aliphatic carbocycles. The summed E-state index contributed by atoms with van der Waals surface area (Å²) in [7, 11) is 0. The molecule has 0 bridgehead atoms. The number of thiazole rings is 1. The average Bonchev–Trinajstić information content (AvgIpc) is 2.86. The molecule has 1 heterocycles. The van der Waals surface area contributed by atoms with Gasteiger partial charge in [0.15, 0.2) is 0 Å². The van der Waals surface area contributed by atoms with Gasteiger partial charge in [0.1, 0.15) is 17.4 Å². The summed E-state index contributed by atoms with van der Waals surface area (Å²) in [4.78, 5) is 4.60. The molecule has 3 nitrogen and oxygen atoms in total. The van der Waals surface area contributed by atoms with E-state index in [1.165, 1.54) is 0 Å². The van der Waals surface area contributed by atoms with E-state index in [1.807, 2.05) is 24.3 Å². The van der Waals surface area contributed by atoms with Crippen LogP contribution in [0, 0.1) is 0 Å². The number of hydrogen-bond acceptors (Lipinski definition) is 4. The first-order chi connectivity index (χ1) is 8.99. The van der Waals surface area contributed by atoms with Gasteiger partial charge in [-0.2, -0.15) is 0 Å². The lowest BCUT2D eigenvalue weighted by Crippen LogP contribution is -2.11. The van der Waals surface area contributed by atoms with E-state index < -0.39 is 0 Å². The van der Waals surface area contributed by atoms with Crippen molar-refractivity contribution in [2.45, 2.75) is 39.3 Å². The van der Waals surface area contributed by atoms with Gasteiger partial charge in [0.2, 0.25) is 0 Å². The minimum absolute atomic E-state index is 0.0948. The van der Waals surface area contributed by atoms with Crippen molar-refractivity contribution in [3.05, 3.63) is 45.9 Å². The molecule has 0 radical (unpaired) electrons. The second kappa shape index (κ2) is 5.72. The third kappa shape index (κ3) is 3.78. The van der Waals surface area contributed by atoms with Crippen molar-refractivity contribution in [3.8, 4) is 5.75 Å². The van der Waals surface area contributed by atoms with Crippen molar-refractivity contribution in [1.82, 2.24) is 4.98 Å². The largest absolute Gasteiger partial charge is 0.486 e. The molecular formula is C15H20N2OS. The van der Waals surface area contributed by atoms with Gasteiger partial charge in [0.05, 0.1) is 5.69 Å². The number of hydrogen-bond donors (Lipinski definition) is 1. The third-order valence-electron chi connectivity index (χ3n) is 2.84. The number of rotatable bonds is 4. The van der Waals surface area contributed by atoms with Crippen LogP contribution in [0.15, 0.2) is 29.6 Å². The van der Waals surface area contributed by atoms with Crippen molar-refractivity contribution < 1.29 is 4.74 Å². The fourth-order valence-corrected chi connectivity index (χ4v) is 2.52. The smallest absolute Gasteiger partial charge is 0.140 e. The highest BCUT2D eigenvalue weighted by atomic mass is 32.1. The maximum absolute atomic E-state index is 5.72. The topological polar surface area (TPSA) is 48.1 Å². The Labute approximate surface area is 118 Å². The summed E-state index contributed by atoms with van der Waals surface area (Å²) >= 11 is 1.65. The molecule has 2 aromatic rings. The third-order valence-corrected chi connectivity index (χ3v) is 3.66. The summed E-state index contributed by atoms with van der Waals surface area (Å²) in [5.41, 5.74) is 7.88. The Balaban J connectivity index is 1.96. The van der Waals surface area contributed by atoms with E-state index >= 15 is 0 Å². The summed E-state index contributed by atoms with van der Waals surface area (Å²) in [5, 5.41) is 3.11. The number of benzene rings is 1. The minimum Gasteiger partial charge on any atom is -0.486 e. The van der Waals surface area contributed by atoms with Crippen LogP contribution in [0.4, 0.5) is 0 Å². The van der Waals surface area contributed by atoms with Gasteiger partial charge in [-0.05, 0) is 17.7 Å². The first-order valence-electron chi connectivity index (χ1n) is 6.36. The molecule has 1 aromatic heterocycles. The van der Waals surface area contributed by atoms with E-state index in [0.29, 0.717) is 13.2 Å². The molecule has 19 heavy (non-hydrogen) atoms. The molecule has 0 fully saturated rings. The van der Waals surface area contributed by atoms with Crippen LogP contribution in [0.5, 0.6) is 5.75 Å². The molecule has 0 saturated carbocycles. The summed E-state index contributed by atoms with van der Waals surface area (Å²) < 4.78 is 5.72. The fourth-order valence-electron chi connectivity index (χ4n) is 1.59. The molecule has 102 valence electrons. The Morgan fingerprint density at radius 2 is 1.89 bits per heavy atom. The van der Waals surface area contributed by atoms with Gasteiger partial charge in [-0.25, -0.2) is 4.98 Å². The molecule has 0 spiro atoms. The van der Waals surface area contributed by atoms with Crippen LogP contribution in [0.25, 0.3) is 0 Å². The highest BCUT2D eigenvalue weighted by Gasteiger charge is 2.17. The van der Waals surface area contributed by atoms with E-state index in [4.69, 9.17) is 10.5 Å². The van der Waals surface area contributed by atoms with Gasteiger partial charge < -0.3 is 10.5 Å². The molecule has 0 saturated heterocycles. The van der Waals surface area contributed by atoms with Crippen LogP contribution in [0.3, 0.4) is 0 Å². The molecule has 0 unspecified atom stereocenters. The number of ether oxygens (including phenoxy) is 1. The van der Waals surface area contributed by atoms with Crippen molar-refractivity contribution >= 4 is 11.3 Å². The summed E-state index contributed by atoms with van der Waals surface area (Å²) in [6.45, 7) is 7.57. The Morgan fingerprint density at radius 1 is 1.21 bits per heavy atom. The van der Waals surface area contributed by atoms with Gasteiger partial charge in [0.25, 0.3) is 0 Å². The summed E-state index contributed by atoms with van der Waals surface area (Å²) in [6, 6.07) is 7.86. The predicted molar refractivity (Wildman–Crippen MR) is 79.5 cm³/mol. The van der Waals surface area contributed by atoms with E-state index in [1.54, 1.807) is 11.3 Å². The normalized spacial score (nSPS) is 11.6. The lowest BCUT2D eigenvalue weighted by atomic mass is 9.93. The molecule has 2 N–H and O–H groups in total. The molecule has 2 rings (SSSR count). The molecule has 4 heteroatoms. The lowest BCUT2D eigenvalue weighted by molar-refractivity contribution is 0.305. The van der Waals surface area contributed by atoms with E-state index in [0.717, 1.165) is 22.0 Å². The summed E-state index contributed by atoms with van der Waals surface area (Å²) in [5.74, 6) is 0.852. The summed E-state index contributed by atoms with van der Waals surface area (Å²) in [6.07, 6.45) is 0. The van der Waals surface area contributed by atoms with Gasteiger partial charge in [-0.1, -0.05) is 32.9 Å². The van der Waals surface area contributed by atoms with Crippen molar-refractivity contribution in [2.75, 3.05) is 0 Å². The first kappa shape index (κ1) is 14.0. The second-order valence-electron chi connectivity index (χ2n) is 5.51. The van der Waals surface area contributed by atoms with Crippen LogP contribution in [-0.2, 0) is 18.6 Å². The standard InChI is InChI=1S/C15H20N2OS/c1-15(2,3)13-10-19-14(17-13)9-18-12-6-4-11(8-16)5-7-12/h4-7,10H,8-9,16H2,1-3H3. The SMILES string of the molecule is CC(C)(C)c1csc(COc2ccc(CN)cc2)n1. The zero-order chi connectivity index (χ0) is 13.9. The lowest BCUT2D eigenvalue weighted by Gasteiger charge is -2.14. The molecular weight excluding hydrogens is 256 g/mol. The van der Waals surface area contributed by atoms with Gasteiger partial charge in [-0.3, -0.25) is 0 Å². The van der Waals surface area contributed by atoms with Crippen molar-refractivity contribution in [2.24, 2.45) is 5.73 Å². The Bertz CT molecular complexity index is 526. The monoisotopic (exact) mass is 276 g/mol. The number of aromatic nitrogens is 1. The van der Waals surface area contributed by atoms with Crippen molar-refractivity contribution in [3.63, 3.8) is 0 Å². The zero-order valence-electron chi connectivity index (χ0n) is 11.6. The quantitative estimate of drug-likeness (QED) is 0.930. The predicted octanol–water partition coefficient (Wildman–Crippen LogP) is 3.48.